The summed E-state index contributed by atoms with van der Waals surface area (Å²) >= 11 is 0. The number of hydrazone groups is 1. The van der Waals surface area contributed by atoms with Crippen molar-refractivity contribution in [3.63, 3.8) is 0 Å². The number of carbonyl (C=O) groups excluding carboxylic acids is 2. The van der Waals surface area contributed by atoms with Crippen molar-refractivity contribution in [1.29, 1.82) is 0 Å². The van der Waals surface area contributed by atoms with Crippen molar-refractivity contribution in [3.05, 3.63) is 53.6 Å². The second kappa shape index (κ2) is 9.23. The maximum atomic E-state index is 12.5. The van der Waals surface area contributed by atoms with Crippen molar-refractivity contribution in [2.45, 2.75) is 19.8 Å². The molecule has 1 atom stereocenters. The molecule has 0 saturated carbocycles. The summed E-state index contributed by atoms with van der Waals surface area (Å²) in [5.41, 5.74) is 5.22. The molecule has 29 heavy (non-hydrogen) atoms. The number of hydrogen-bond donors (Lipinski definition) is 1. The molecule has 1 aliphatic heterocycles. The van der Waals surface area contributed by atoms with Crippen LogP contribution in [-0.4, -0.2) is 38.8 Å². The number of anilines is 1. The highest BCUT2D eigenvalue weighted by atomic mass is 16.5. The average molecular weight is 395 g/mol. The molecule has 1 N–H and O–H groups in total. The Hall–Kier alpha value is -3.35. The van der Waals surface area contributed by atoms with Crippen LogP contribution in [0.5, 0.6) is 11.5 Å². The smallest absolute Gasteiger partial charge is 0.245 e. The van der Waals surface area contributed by atoms with Crippen LogP contribution < -0.4 is 19.8 Å². The second-order valence-electron chi connectivity index (χ2n) is 6.74. The Morgan fingerprint density at radius 2 is 1.97 bits per heavy atom. The van der Waals surface area contributed by atoms with E-state index in [1.54, 1.807) is 31.3 Å². The van der Waals surface area contributed by atoms with Crippen LogP contribution in [0.1, 0.15) is 24.5 Å². The lowest BCUT2D eigenvalue weighted by atomic mass is 10.1. The van der Waals surface area contributed by atoms with Gasteiger partial charge in [-0.25, -0.2) is 5.43 Å². The van der Waals surface area contributed by atoms with Crippen molar-refractivity contribution in [3.8, 4) is 11.5 Å². The lowest BCUT2D eigenvalue weighted by molar-refractivity contribution is -0.126. The summed E-state index contributed by atoms with van der Waals surface area (Å²) in [5, 5.41) is 4.03. The maximum absolute atomic E-state index is 12.5. The standard InChI is InChI=1S/C22H25N3O4/c1-4-15-8-10-18(11-9-15)25-14-17(12-20(25)26)22(27)24-23-13-16-6-5-7-19(28-2)21(16)29-3/h5-11,13,17H,4,12,14H2,1-3H3,(H,24,27)/b23-13+/t17-/m1/s1. The molecule has 1 heterocycles. The van der Waals surface area contributed by atoms with Gasteiger partial charge < -0.3 is 14.4 Å². The molecule has 0 unspecified atom stereocenters. The van der Waals surface area contributed by atoms with Gasteiger partial charge in [-0.15, -0.1) is 0 Å². The number of rotatable bonds is 7. The van der Waals surface area contributed by atoms with E-state index in [0.717, 1.165) is 12.1 Å². The summed E-state index contributed by atoms with van der Waals surface area (Å²) < 4.78 is 10.6. The highest BCUT2D eigenvalue weighted by molar-refractivity contribution is 6.00. The SMILES string of the molecule is CCc1ccc(N2C[C@H](C(=O)N/N=C/c3cccc(OC)c3OC)CC2=O)cc1. The van der Waals surface area contributed by atoms with Crippen molar-refractivity contribution < 1.29 is 19.1 Å². The molecule has 0 spiro atoms. The minimum atomic E-state index is -0.447. The van der Waals surface area contributed by atoms with Gasteiger partial charge in [0, 0.05) is 24.2 Å². The number of nitrogens with zero attached hydrogens (tertiary/aromatic N) is 2. The first-order chi connectivity index (χ1) is 14.1. The third-order valence-electron chi connectivity index (χ3n) is 4.96. The van der Waals surface area contributed by atoms with E-state index < -0.39 is 5.92 Å². The van der Waals surface area contributed by atoms with Crippen LogP contribution in [0.25, 0.3) is 0 Å². The third kappa shape index (κ3) is 4.56. The molecule has 0 radical (unpaired) electrons. The molecule has 7 nitrogen and oxygen atoms in total. The predicted octanol–water partition coefficient (Wildman–Crippen LogP) is 2.77. The largest absolute Gasteiger partial charge is 0.493 e. The van der Waals surface area contributed by atoms with Gasteiger partial charge in [0.05, 0.1) is 26.4 Å². The molecule has 1 aliphatic rings. The molecule has 0 aromatic heterocycles. The van der Waals surface area contributed by atoms with Gasteiger partial charge in [-0.3, -0.25) is 9.59 Å². The van der Waals surface area contributed by atoms with Gasteiger partial charge in [-0.05, 0) is 36.2 Å². The van der Waals surface area contributed by atoms with E-state index in [4.69, 9.17) is 9.47 Å². The van der Waals surface area contributed by atoms with Gasteiger partial charge in [0.15, 0.2) is 11.5 Å². The molecule has 3 rings (SSSR count). The van der Waals surface area contributed by atoms with Crippen molar-refractivity contribution in [1.82, 2.24) is 5.43 Å². The van der Waals surface area contributed by atoms with E-state index >= 15 is 0 Å². The molecule has 1 saturated heterocycles. The molecular weight excluding hydrogens is 370 g/mol. The predicted molar refractivity (Wildman–Crippen MR) is 112 cm³/mol. The summed E-state index contributed by atoms with van der Waals surface area (Å²) in [7, 11) is 3.10. The number of amides is 2. The molecule has 2 amide bonds. The molecular formula is C22H25N3O4. The highest BCUT2D eigenvalue weighted by Crippen LogP contribution is 2.29. The van der Waals surface area contributed by atoms with Crippen LogP contribution in [0.4, 0.5) is 5.69 Å². The summed E-state index contributed by atoms with van der Waals surface area (Å²) in [6, 6.07) is 13.2. The van der Waals surface area contributed by atoms with Crippen LogP contribution in [0, 0.1) is 5.92 Å². The normalized spacial score (nSPS) is 16.3. The molecule has 7 heteroatoms. The molecule has 152 valence electrons. The first-order valence-electron chi connectivity index (χ1n) is 9.50. The van der Waals surface area contributed by atoms with Crippen molar-refractivity contribution >= 4 is 23.7 Å². The number of carbonyl (C=O) groups is 2. The fourth-order valence-electron chi connectivity index (χ4n) is 3.31. The number of para-hydroxylation sites is 1. The lowest BCUT2D eigenvalue weighted by Gasteiger charge is -2.16. The monoisotopic (exact) mass is 395 g/mol. The zero-order chi connectivity index (χ0) is 20.8. The van der Waals surface area contributed by atoms with E-state index in [2.05, 4.69) is 17.5 Å². The maximum Gasteiger partial charge on any atom is 0.245 e. The quantitative estimate of drug-likeness (QED) is 0.577. The zero-order valence-corrected chi connectivity index (χ0v) is 16.8. The lowest BCUT2D eigenvalue weighted by Crippen LogP contribution is -2.30. The molecule has 2 aromatic carbocycles. The number of methoxy groups -OCH3 is 2. The fourth-order valence-corrected chi connectivity index (χ4v) is 3.31. The molecule has 0 aliphatic carbocycles. The Kier molecular flexibility index (Phi) is 6.49. The van der Waals surface area contributed by atoms with E-state index in [1.165, 1.54) is 11.8 Å². The summed E-state index contributed by atoms with van der Waals surface area (Å²) in [6.07, 6.45) is 2.60. The zero-order valence-electron chi connectivity index (χ0n) is 16.8. The van der Waals surface area contributed by atoms with Crippen LogP contribution >= 0.6 is 0 Å². The fraction of sp³-hybridized carbons (Fsp3) is 0.318. The Morgan fingerprint density at radius 1 is 1.21 bits per heavy atom. The number of ether oxygens (including phenoxy) is 2. The van der Waals surface area contributed by atoms with Gasteiger partial charge in [-0.2, -0.15) is 5.10 Å². The highest BCUT2D eigenvalue weighted by Gasteiger charge is 2.35. The third-order valence-corrected chi connectivity index (χ3v) is 4.96. The minimum absolute atomic E-state index is 0.0622. The van der Waals surface area contributed by atoms with E-state index in [-0.39, 0.29) is 18.2 Å². The summed E-state index contributed by atoms with van der Waals surface area (Å²) in [4.78, 5) is 26.5. The Morgan fingerprint density at radius 3 is 2.62 bits per heavy atom. The molecule has 2 aromatic rings. The van der Waals surface area contributed by atoms with Gasteiger partial charge in [-0.1, -0.05) is 25.1 Å². The van der Waals surface area contributed by atoms with Gasteiger partial charge in [0.25, 0.3) is 0 Å². The number of nitrogens with one attached hydrogen (secondary N) is 1. The van der Waals surface area contributed by atoms with E-state index in [9.17, 15) is 9.59 Å². The van der Waals surface area contributed by atoms with Crippen molar-refractivity contribution in [2.24, 2.45) is 11.0 Å². The minimum Gasteiger partial charge on any atom is -0.493 e. The van der Waals surface area contributed by atoms with E-state index in [0.29, 0.717) is 23.6 Å². The summed E-state index contributed by atoms with van der Waals surface area (Å²) in [6.45, 7) is 2.42. The van der Waals surface area contributed by atoms with Gasteiger partial charge in [0.1, 0.15) is 0 Å². The number of benzene rings is 2. The number of aryl methyl sites for hydroxylation is 1. The topological polar surface area (TPSA) is 80.2 Å². The van der Waals surface area contributed by atoms with E-state index in [1.807, 2.05) is 30.3 Å². The van der Waals surface area contributed by atoms with Gasteiger partial charge in [0.2, 0.25) is 11.8 Å². The Bertz CT molecular complexity index is 909. The van der Waals surface area contributed by atoms with Crippen LogP contribution in [0.2, 0.25) is 0 Å². The van der Waals surface area contributed by atoms with Gasteiger partial charge >= 0.3 is 0 Å². The number of hydrogen-bond acceptors (Lipinski definition) is 5. The van der Waals surface area contributed by atoms with Crippen LogP contribution in [-0.2, 0) is 16.0 Å². The van der Waals surface area contributed by atoms with Crippen LogP contribution in [0.15, 0.2) is 47.6 Å². The summed E-state index contributed by atoms with van der Waals surface area (Å²) in [5.74, 6) is 0.314. The molecule has 1 fully saturated rings. The van der Waals surface area contributed by atoms with Crippen LogP contribution in [0.3, 0.4) is 0 Å². The average Bonchev–Trinajstić information content (AvgIpc) is 3.15. The Labute approximate surface area is 170 Å². The second-order valence-corrected chi connectivity index (χ2v) is 6.74. The Balaban J connectivity index is 1.63. The first-order valence-corrected chi connectivity index (χ1v) is 9.50. The first kappa shape index (κ1) is 20.4. The van der Waals surface area contributed by atoms with Crippen molar-refractivity contribution in [2.75, 3.05) is 25.7 Å². The molecule has 0 bridgehead atoms.